The van der Waals surface area contributed by atoms with Crippen molar-refractivity contribution in [2.45, 2.75) is 83.8 Å². The third-order valence-electron chi connectivity index (χ3n) is 5.98. The van der Waals surface area contributed by atoms with E-state index in [9.17, 15) is 4.79 Å². The van der Waals surface area contributed by atoms with Crippen molar-refractivity contribution in [2.75, 3.05) is 6.54 Å². The lowest BCUT2D eigenvalue weighted by molar-refractivity contribution is 0.102. The Bertz CT molecular complexity index is 807. The molecular weight excluding hydrogens is 330 g/mol. The third-order valence-corrected chi connectivity index (χ3v) is 7.18. The Balaban J connectivity index is 1.57. The van der Waals surface area contributed by atoms with Gasteiger partial charge < -0.3 is 0 Å². The Morgan fingerprint density at radius 2 is 2.08 bits per heavy atom. The van der Waals surface area contributed by atoms with E-state index in [-0.39, 0.29) is 5.56 Å². The number of hydrogen-bond acceptors (Lipinski definition) is 4. The lowest BCUT2D eigenvalue weighted by atomic mass is 9.97. The van der Waals surface area contributed by atoms with E-state index < -0.39 is 0 Å². The van der Waals surface area contributed by atoms with Gasteiger partial charge in [-0.3, -0.25) is 14.3 Å². The summed E-state index contributed by atoms with van der Waals surface area (Å²) < 4.78 is 1.87. The maximum absolute atomic E-state index is 13.1. The van der Waals surface area contributed by atoms with Gasteiger partial charge in [0, 0.05) is 23.5 Å². The normalized spacial score (nSPS) is 21.8. The molecule has 0 radical (unpaired) electrons. The first-order valence-corrected chi connectivity index (χ1v) is 10.7. The van der Waals surface area contributed by atoms with Crippen LogP contribution in [0.1, 0.15) is 62.8 Å². The molecule has 136 valence electrons. The summed E-state index contributed by atoms with van der Waals surface area (Å²) in [5, 5.41) is 0.923. The van der Waals surface area contributed by atoms with E-state index in [1.165, 1.54) is 49.1 Å². The summed E-state index contributed by atoms with van der Waals surface area (Å²) in [6, 6.07) is 1.19. The predicted molar refractivity (Wildman–Crippen MR) is 105 cm³/mol. The van der Waals surface area contributed by atoms with Crippen LogP contribution in [0.4, 0.5) is 0 Å². The number of likely N-dealkylation sites (tertiary alicyclic amines) is 1. The third kappa shape index (κ3) is 3.28. The summed E-state index contributed by atoms with van der Waals surface area (Å²) in [5.41, 5.74) is 1.50. The first-order chi connectivity index (χ1) is 12.1. The zero-order chi connectivity index (χ0) is 17.4. The molecule has 2 aliphatic rings. The second-order valence-corrected chi connectivity index (χ2v) is 8.99. The Morgan fingerprint density at radius 1 is 1.24 bits per heavy atom. The molecule has 0 bridgehead atoms. The maximum atomic E-state index is 13.1. The Hall–Kier alpha value is -1.20. The fourth-order valence-electron chi connectivity index (χ4n) is 4.64. The largest absolute Gasteiger partial charge is 0.299 e. The summed E-state index contributed by atoms with van der Waals surface area (Å²) in [7, 11) is 0. The van der Waals surface area contributed by atoms with Crippen LogP contribution in [0.2, 0.25) is 0 Å². The molecule has 0 spiro atoms. The van der Waals surface area contributed by atoms with Crippen molar-refractivity contribution in [3.63, 3.8) is 0 Å². The Kier molecular flexibility index (Phi) is 4.96. The number of hydrogen-bond donors (Lipinski definition) is 0. The standard InChI is InChI=1S/C20H29N3OS/c1-14(2)23-11-6-5-7-15(23)10-12-22-13-21-19-18(20(22)24)16-8-3-4-9-17(16)25-19/h13-15H,3-12H2,1-2H3. The van der Waals surface area contributed by atoms with Crippen LogP contribution in [-0.2, 0) is 19.4 Å². The van der Waals surface area contributed by atoms with Crippen LogP contribution in [-0.4, -0.2) is 33.1 Å². The van der Waals surface area contributed by atoms with Crippen LogP contribution in [0.5, 0.6) is 0 Å². The molecule has 1 atom stereocenters. The predicted octanol–water partition coefficient (Wildman–Crippen LogP) is 3.99. The van der Waals surface area contributed by atoms with Gasteiger partial charge in [-0.15, -0.1) is 11.3 Å². The van der Waals surface area contributed by atoms with E-state index in [2.05, 4.69) is 23.7 Å². The van der Waals surface area contributed by atoms with Gasteiger partial charge >= 0.3 is 0 Å². The quantitative estimate of drug-likeness (QED) is 0.828. The molecule has 1 saturated heterocycles. The van der Waals surface area contributed by atoms with Crippen molar-refractivity contribution in [1.82, 2.24) is 14.5 Å². The fourth-order valence-corrected chi connectivity index (χ4v) is 5.86. The first kappa shape index (κ1) is 17.2. The van der Waals surface area contributed by atoms with Gasteiger partial charge in [-0.1, -0.05) is 6.42 Å². The lowest BCUT2D eigenvalue weighted by Crippen LogP contribution is -2.44. The molecule has 1 fully saturated rings. The molecule has 4 nitrogen and oxygen atoms in total. The molecule has 0 aromatic carbocycles. The number of fused-ring (bicyclic) bond motifs is 3. The monoisotopic (exact) mass is 359 g/mol. The average molecular weight is 360 g/mol. The van der Waals surface area contributed by atoms with Crippen LogP contribution in [0.15, 0.2) is 11.1 Å². The number of aryl methyl sites for hydroxylation is 3. The van der Waals surface area contributed by atoms with E-state index in [0.717, 1.165) is 36.0 Å². The molecule has 3 heterocycles. The average Bonchev–Trinajstić information content (AvgIpc) is 3.00. The molecule has 25 heavy (non-hydrogen) atoms. The molecule has 4 rings (SSSR count). The van der Waals surface area contributed by atoms with Gasteiger partial charge in [0.1, 0.15) is 4.83 Å². The van der Waals surface area contributed by atoms with E-state index in [1.807, 2.05) is 4.57 Å². The van der Waals surface area contributed by atoms with Crippen LogP contribution in [0.3, 0.4) is 0 Å². The van der Waals surface area contributed by atoms with Crippen molar-refractivity contribution in [3.05, 3.63) is 27.1 Å². The molecule has 1 aliphatic carbocycles. The summed E-state index contributed by atoms with van der Waals surface area (Å²) in [6.45, 7) is 6.57. The maximum Gasteiger partial charge on any atom is 0.262 e. The Labute approximate surface area is 153 Å². The zero-order valence-corrected chi connectivity index (χ0v) is 16.3. The van der Waals surface area contributed by atoms with Gasteiger partial charge in [-0.05, 0) is 70.9 Å². The van der Waals surface area contributed by atoms with Crippen molar-refractivity contribution in [3.8, 4) is 0 Å². The van der Waals surface area contributed by atoms with Crippen molar-refractivity contribution in [2.24, 2.45) is 0 Å². The number of aromatic nitrogens is 2. The summed E-state index contributed by atoms with van der Waals surface area (Å²) >= 11 is 1.74. The Morgan fingerprint density at radius 3 is 2.92 bits per heavy atom. The molecule has 0 amide bonds. The van der Waals surface area contributed by atoms with E-state index in [0.29, 0.717) is 12.1 Å². The van der Waals surface area contributed by atoms with Gasteiger partial charge in [0.05, 0.1) is 11.7 Å². The number of rotatable bonds is 4. The van der Waals surface area contributed by atoms with Gasteiger partial charge in [-0.25, -0.2) is 4.98 Å². The smallest absolute Gasteiger partial charge is 0.262 e. The zero-order valence-electron chi connectivity index (χ0n) is 15.5. The van der Waals surface area contributed by atoms with Crippen molar-refractivity contribution >= 4 is 21.6 Å². The molecule has 1 aliphatic heterocycles. The van der Waals surface area contributed by atoms with Gasteiger partial charge in [-0.2, -0.15) is 0 Å². The molecule has 5 heteroatoms. The number of thiophene rings is 1. The minimum atomic E-state index is 0.191. The summed E-state index contributed by atoms with van der Waals surface area (Å²) in [6.07, 6.45) is 11.4. The topological polar surface area (TPSA) is 38.1 Å². The molecule has 2 aromatic heterocycles. The lowest BCUT2D eigenvalue weighted by Gasteiger charge is -2.38. The van der Waals surface area contributed by atoms with E-state index in [4.69, 9.17) is 0 Å². The molecular formula is C20H29N3OS. The van der Waals surface area contributed by atoms with E-state index in [1.54, 1.807) is 17.7 Å². The number of piperidine rings is 1. The minimum Gasteiger partial charge on any atom is -0.299 e. The molecule has 0 N–H and O–H groups in total. The highest BCUT2D eigenvalue weighted by Crippen LogP contribution is 2.33. The van der Waals surface area contributed by atoms with Crippen LogP contribution in [0.25, 0.3) is 10.2 Å². The van der Waals surface area contributed by atoms with Gasteiger partial charge in [0.25, 0.3) is 5.56 Å². The SMILES string of the molecule is CC(C)N1CCCCC1CCn1cnc2sc3c(c2c1=O)CCCC3. The molecule has 2 aromatic rings. The summed E-state index contributed by atoms with van der Waals surface area (Å²) in [4.78, 5) is 22.7. The second kappa shape index (κ2) is 7.20. The highest BCUT2D eigenvalue weighted by atomic mass is 32.1. The van der Waals surface area contributed by atoms with Crippen LogP contribution in [0, 0.1) is 0 Å². The van der Waals surface area contributed by atoms with Crippen LogP contribution >= 0.6 is 11.3 Å². The molecule has 1 unspecified atom stereocenters. The van der Waals surface area contributed by atoms with Crippen molar-refractivity contribution < 1.29 is 0 Å². The minimum absolute atomic E-state index is 0.191. The van der Waals surface area contributed by atoms with Crippen molar-refractivity contribution in [1.29, 1.82) is 0 Å². The highest BCUT2D eigenvalue weighted by Gasteiger charge is 2.25. The van der Waals surface area contributed by atoms with Crippen LogP contribution < -0.4 is 5.56 Å². The number of nitrogens with zero attached hydrogens (tertiary/aromatic N) is 3. The fraction of sp³-hybridized carbons (Fsp3) is 0.700. The highest BCUT2D eigenvalue weighted by molar-refractivity contribution is 7.18. The second-order valence-electron chi connectivity index (χ2n) is 7.90. The molecule has 0 saturated carbocycles. The van der Waals surface area contributed by atoms with E-state index >= 15 is 0 Å². The first-order valence-electron chi connectivity index (χ1n) is 9.90. The van der Waals surface area contributed by atoms with Gasteiger partial charge in [0.2, 0.25) is 0 Å². The summed E-state index contributed by atoms with van der Waals surface area (Å²) in [5.74, 6) is 0. The van der Waals surface area contributed by atoms with Gasteiger partial charge in [0.15, 0.2) is 0 Å².